The molecule has 1 unspecified atom stereocenters. The van der Waals surface area contributed by atoms with Crippen LogP contribution >= 0.6 is 0 Å². The monoisotopic (exact) mass is 371 g/mol. The number of ether oxygens (including phenoxy) is 2. The maximum Gasteiger partial charge on any atom is 0.303 e. The normalized spacial score (nSPS) is 11.5. The van der Waals surface area contributed by atoms with Crippen molar-refractivity contribution in [2.45, 2.75) is 31.7 Å². The predicted molar refractivity (Wildman–Crippen MR) is 102 cm³/mol. The lowest BCUT2D eigenvalue weighted by molar-refractivity contribution is -0.137. The number of aliphatic carboxylic acids is 1. The molecule has 0 radical (unpaired) electrons. The highest BCUT2D eigenvalue weighted by molar-refractivity contribution is 5.77. The van der Waals surface area contributed by atoms with Gasteiger partial charge in [-0.3, -0.25) is 9.59 Å². The summed E-state index contributed by atoms with van der Waals surface area (Å²) in [5.41, 5.74) is 1.78. The quantitative estimate of drug-likeness (QED) is 0.669. The van der Waals surface area contributed by atoms with Gasteiger partial charge in [0, 0.05) is 12.8 Å². The Morgan fingerprint density at radius 1 is 1.04 bits per heavy atom. The van der Waals surface area contributed by atoms with E-state index in [1.54, 1.807) is 20.3 Å². The lowest BCUT2D eigenvalue weighted by Gasteiger charge is -2.19. The van der Waals surface area contributed by atoms with Crippen LogP contribution in [0.1, 0.15) is 36.4 Å². The number of benzene rings is 2. The number of nitrogens with one attached hydrogen (secondary N) is 1. The first-order valence-corrected chi connectivity index (χ1v) is 8.80. The van der Waals surface area contributed by atoms with E-state index < -0.39 is 5.97 Å². The maximum atomic E-state index is 12.5. The molecule has 6 nitrogen and oxygen atoms in total. The summed E-state index contributed by atoms with van der Waals surface area (Å²) in [6.45, 7) is 0. The molecular formula is C21H25NO5. The van der Waals surface area contributed by atoms with Gasteiger partial charge < -0.3 is 19.9 Å². The van der Waals surface area contributed by atoms with Crippen LogP contribution in [0.25, 0.3) is 0 Å². The topological polar surface area (TPSA) is 84.9 Å². The van der Waals surface area contributed by atoms with E-state index in [0.29, 0.717) is 24.3 Å². The molecule has 2 N–H and O–H groups in total. The fraction of sp³-hybridized carbons (Fsp3) is 0.333. The van der Waals surface area contributed by atoms with Gasteiger partial charge in [0.25, 0.3) is 0 Å². The van der Waals surface area contributed by atoms with Crippen molar-refractivity contribution < 1.29 is 24.2 Å². The van der Waals surface area contributed by atoms with Crippen molar-refractivity contribution in [2.24, 2.45) is 0 Å². The summed E-state index contributed by atoms with van der Waals surface area (Å²) in [5.74, 6) is 0.384. The lowest BCUT2D eigenvalue weighted by atomic mass is 10.0. The SMILES string of the molecule is COc1ccc(OC)c(CCC(=O)NC(CCC(=O)O)c2ccccc2)c1. The average molecular weight is 371 g/mol. The predicted octanol–water partition coefficient (Wildman–Crippen LogP) is 3.36. The maximum absolute atomic E-state index is 12.5. The van der Waals surface area contributed by atoms with Gasteiger partial charge in [0.2, 0.25) is 5.91 Å². The van der Waals surface area contributed by atoms with Crippen molar-refractivity contribution in [2.75, 3.05) is 14.2 Å². The van der Waals surface area contributed by atoms with Gasteiger partial charge >= 0.3 is 5.97 Å². The molecule has 0 fully saturated rings. The van der Waals surface area contributed by atoms with Gasteiger partial charge in [0.1, 0.15) is 11.5 Å². The van der Waals surface area contributed by atoms with Crippen LogP contribution in [0.2, 0.25) is 0 Å². The van der Waals surface area contributed by atoms with E-state index in [1.165, 1.54) is 0 Å². The Labute approximate surface area is 159 Å². The van der Waals surface area contributed by atoms with Crippen molar-refractivity contribution in [1.82, 2.24) is 5.32 Å². The van der Waals surface area contributed by atoms with Gasteiger partial charge in [-0.15, -0.1) is 0 Å². The van der Waals surface area contributed by atoms with Gasteiger partial charge in [0.05, 0.1) is 20.3 Å². The number of methoxy groups -OCH3 is 2. The Bertz CT molecular complexity index is 760. The van der Waals surface area contributed by atoms with Crippen LogP contribution in [0.5, 0.6) is 11.5 Å². The second-order valence-corrected chi connectivity index (χ2v) is 6.14. The number of carbonyl (C=O) groups excluding carboxylic acids is 1. The van der Waals surface area contributed by atoms with Crippen LogP contribution in [0.15, 0.2) is 48.5 Å². The number of carbonyl (C=O) groups is 2. The Hall–Kier alpha value is -3.02. The van der Waals surface area contributed by atoms with Crippen LogP contribution < -0.4 is 14.8 Å². The Morgan fingerprint density at radius 2 is 1.78 bits per heavy atom. The molecule has 0 aliphatic carbocycles. The summed E-state index contributed by atoms with van der Waals surface area (Å²) in [4.78, 5) is 23.4. The zero-order valence-corrected chi connectivity index (χ0v) is 15.6. The van der Waals surface area contributed by atoms with E-state index in [-0.39, 0.29) is 24.8 Å². The largest absolute Gasteiger partial charge is 0.497 e. The minimum absolute atomic E-state index is 0.0104. The summed E-state index contributed by atoms with van der Waals surface area (Å²) in [6, 6.07) is 14.5. The van der Waals surface area contributed by atoms with Crippen molar-refractivity contribution >= 4 is 11.9 Å². The third-order valence-electron chi connectivity index (χ3n) is 4.29. The molecule has 2 aromatic carbocycles. The Kier molecular flexibility index (Phi) is 7.67. The number of aryl methyl sites for hydroxylation is 1. The number of hydrogen-bond donors (Lipinski definition) is 2. The van der Waals surface area contributed by atoms with Crippen molar-refractivity contribution in [3.8, 4) is 11.5 Å². The zero-order valence-electron chi connectivity index (χ0n) is 15.6. The smallest absolute Gasteiger partial charge is 0.303 e. The third kappa shape index (κ3) is 6.33. The van der Waals surface area contributed by atoms with Crippen LogP contribution in [-0.4, -0.2) is 31.2 Å². The molecule has 6 heteroatoms. The first kappa shape index (κ1) is 20.3. The van der Waals surface area contributed by atoms with E-state index in [9.17, 15) is 9.59 Å². The molecule has 1 amide bonds. The fourth-order valence-corrected chi connectivity index (χ4v) is 2.87. The number of carboxylic acid groups (broad SMARTS) is 1. The molecule has 0 bridgehead atoms. The highest BCUT2D eigenvalue weighted by atomic mass is 16.5. The molecular weight excluding hydrogens is 346 g/mol. The van der Waals surface area contributed by atoms with Crippen molar-refractivity contribution in [3.63, 3.8) is 0 Å². The number of hydrogen-bond acceptors (Lipinski definition) is 4. The van der Waals surface area contributed by atoms with E-state index in [2.05, 4.69) is 5.32 Å². The molecule has 0 aliphatic rings. The molecule has 0 saturated heterocycles. The Balaban J connectivity index is 2.02. The standard InChI is InChI=1S/C21H25NO5/c1-26-17-9-11-19(27-2)16(14-17)8-12-20(23)22-18(10-13-21(24)25)15-6-4-3-5-7-15/h3-7,9,11,14,18H,8,10,12-13H2,1-2H3,(H,22,23)(H,24,25). The van der Waals surface area contributed by atoms with Gasteiger partial charge in [-0.1, -0.05) is 30.3 Å². The fourth-order valence-electron chi connectivity index (χ4n) is 2.87. The molecule has 1 atom stereocenters. The molecule has 2 rings (SSSR count). The van der Waals surface area contributed by atoms with Crippen LogP contribution in [0, 0.1) is 0 Å². The van der Waals surface area contributed by atoms with Crippen molar-refractivity contribution in [1.29, 1.82) is 0 Å². The third-order valence-corrected chi connectivity index (χ3v) is 4.29. The van der Waals surface area contributed by atoms with Crippen LogP contribution in [0.4, 0.5) is 0 Å². The highest BCUT2D eigenvalue weighted by Crippen LogP contribution is 2.25. The first-order chi connectivity index (χ1) is 13.0. The molecule has 144 valence electrons. The molecule has 0 aromatic heterocycles. The highest BCUT2D eigenvalue weighted by Gasteiger charge is 2.16. The van der Waals surface area contributed by atoms with E-state index in [4.69, 9.17) is 14.6 Å². The first-order valence-electron chi connectivity index (χ1n) is 8.80. The molecule has 27 heavy (non-hydrogen) atoms. The summed E-state index contributed by atoms with van der Waals surface area (Å²) >= 11 is 0. The number of carboxylic acids is 1. The number of amides is 1. The summed E-state index contributed by atoms with van der Waals surface area (Å²) in [7, 11) is 3.17. The van der Waals surface area contributed by atoms with Gasteiger partial charge in [-0.05, 0) is 42.2 Å². The minimum Gasteiger partial charge on any atom is -0.497 e. The average Bonchev–Trinajstić information content (AvgIpc) is 2.69. The van der Waals surface area contributed by atoms with E-state index >= 15 is 0 Å². The van der Waals surface area contributed by atoms with Gasteiger partial charge in [-0.2, -0.15) is 0 Å². The number of rotatable bonds is 10. The molecule has 0 saturated carbocycles. The molecule has 0 aliphatic heterocycles. The second kappa shape index (κ2) is 10.2. The summed E-state index contributed by atoms with van der Waals surface area (Å²) < 4.78 is 10.6. The summed E-state index contributed by atoms with van der Waals surface area (Å²) in [6.07, 6.45) is 1.09. The molecule has 0 heterocycles. The lowest BCUT2D eigenvalue weighted by Crippen LogP contribution is -2.29. The van der Waals surface area contributed by atoms with Crippen LogP contribution in [-0.2, 0) is 16.0 Å². The van der Waals surface area contributed by atoms with E-state index in [1.807, 2.05) is 42.5 Å². The zero-order chi connectivity index (χ0) is 19.6. The second-order valence-electron chi connectivity index (χ2n) is 6.14. The summed E-state index contributed by atoms with van der Waals surface area (Å²) in [5, 5.41) is 11.9. The molecule has 0 spiro atoms. The Morgan fingerprint density at radius 3 is 2.41 bits per heavy atom. The molecule has 2 aromatic rings. The van der Waals surface area contributed by atoms with Crippen molar-refractivity contribution in [3.05, 3.63) is 59.7 Å². The van der Waals surface area contributed by atoms with E-state index in [0.717, 1.165) is 11.1 Å². The van der Waals surface area contributed by atoms with Gasteiger partial charge in [0.15, 0.2) is 0 Å². The van der Waals surface area contributed by atoms with Crippen LogP contribution in [0.3, 0.4) is 0 Å². The minimum atomic E-state index is -0.883. The van der Waals surface area contributed by atoms with Gasteiger partial charge in [-0.25, -0.2) is 0 Å².